The van der Waals surface area contributed by atoms with Crippen LogP contribution in [0.3, 0.4) is 0 Å². The van der Waals surface area contributed by atoms with Gasteiger partial charge in [0.1, 0.15) is 5.75 Å². The Bertz CT molecular complexity index is 565. The van der Waals surface area contributed by atoms with Crippen LogP contribution in [0.5, 0.6) is 0 Å². The molecule has 0 radical (unpaired) electrons. The number of rotatable bonds is 5. The number of aryl methyl sites for hydroxylation is 1. The molecule has 0 atom stereocenters. The Kier molecular flexibility index (Phi) is 4.94. The highest BCUT2D eigenvalue weighted by Crippen LogP contribution is 2.19. The minimum absolute atomic E-state index is 0.00208. The molecule has 0 spiro atoms. The second-order valence-corrected chi connectivity index (χ2v) is 7.20. The van der Waals surface area contributed by atoms with E-state index in [1.807, 2.05) is 6.92 Å². The number of carbonyl (C=O) groups is 1. The molecule has 3 N–H and O–H groups in total. The van der Waals surface area contributed by atoms with Gasteiger partial charge in [-0.25, -0.2) is 8.42 Å². The highest BCUT2D eigenvalue weighted by atomic mass is 32.2. The second-order valence-electron chi connectivity index (χ2n) is 5.09. The van der Waals surface area contributed by atoms with E-state index in [1.165, 1.54) is 0 Å². The largest absolute Gasteiger partial charge is 0.397 e. The predicted molar refractivity (Wildman–Crippen MR) is 77.7 cm³/mol. The molecule has 1 aromatic rings. The summed E-state index contributed by atoms with van der Waals surface area (Å²) in [5, 5.41) is 2.52. The van der Waals surface area contributed by atoms with Crippen molar-refractivity contribution in [3.8, 4) is 0 Å². The van der Waals surface area contributed by atoms with Gasteiger partial charge < -0.3 is 11.1 Å². The van der Waals surface area contributed by atoms with Crippen LogP contribution in [0, 0.1) is 12.8 Å². The minimum Gasteiger partial charge on any atom is -0.397 e. The summed E-state index contributed by atoms with van der Waals surface area (Å²) < 4.78 is 23.4. The van der Waals surface area contributed by atoms with Gasteiger partial charge in [-0.2, -0.15) is 0 Å². The molecule has 0 aromatic heterocycles. The van der Waals surface area contributed by atoms with Crippen LogP contribution >= 0.6 is 0 Å². The third-order valence-corrected chi connectivity index (χ3v) is 4.30. The van der Waals surface area contributed by atoms with Crippen LogP contribution in [0.25, 0.3) is 0 Å². The maximum Gasteiger partial charge on any atom is 0.239 e. The number of hydrogen-bond acceptors (Lipinski definition) is 4. The van der Waals surface area contributed by atoms with E-state index < -0.39 is 21.5 Å². The van der Waals surface area contributed by atoms with Crippen molar-refractivity contribution < 1.29 is 13.2 Å². The highest BCUT2D eigenvalue weighted by Gasteiger charge is 2.18. The van der Waals surface area contributed by atoms with E-state index in [0.717, 1.165) is 5.56 Å². The molecule has 0 saturated carbocycles. The monoisotopic (exact) mass is 284 g/mol. The van der Waals surface area contributed by atoms with Gasteiger partial charge in [0.05, 0.1) is 17.1 Å². The third-order valence-electron chi connectivity index (χ3n) is 2.42. The molecule has 0 bridgehead atoms. The summed E-state index contributed by atoms with van der Waals surface area (Å²) >= 11 is 0. The van der Waals surface area contributed by atoms with Gasteiger partial charge >= 0.3 is 0 Å². The molecular formula is C13H20N2O3S. The van der Waals surface area contributed by atoms with Crippen LogP contribution in [0.2, 0.25) is 0 Å². The van der Waals surface area contributed by atoms with Gasteiger partial charge in [-0.3, -0.25) is 4.79 Å². The van der Waals surface area contributed by atoms with E-state index >= 15 is 0 Å². The Morgan fingerprint density at radius 2 is 2.00 bits per heavy atom. The number of nitrogen functional groups attached to an aromatic ring is 1. The van der Waals surface area contributed by atoms with Crippen molar-refractivity contribution in [2.24, 2.45) is 5.92 Å². The minimum atomic E-state index is -3.37. The lowest BCUT2D eigenvalue weighted by molar-refractivity contribution is -0.113. The SMILES string of the molecule is Cc1ccc(NC(=O)CS(=O)(=O)CC(C)C)c(N)c1. The van der Waals surface area contributed by atoms with Crippen LogP contribution in [0.4, 0.5) is 11.4 Å². The first-order valence-corrected chi connectivity index (χ1v) is 7.88. The van der Waals surface area contributed by atoms with Crippen LogP contribution in [-0.4, -0.2) is 25.8 Å². The first kappa shape index (κ1) is 15.5. The van der Waals surface area contributed by atoms with E-state index in [2.05, 4.69) is 5.32 Å². The lowest BCUT2D eigenvalue weighted by atomic mass is 10.2. The van der Waals surface area contributed by atoms with Crippen molar-refractivity contribution in [2.45, 2.75) is 20.8 Å². The fourth-order valence-corrected chi connectivity index (χ4v) is 3.35. The second kappa shape index (κ2) is 6.06. The van der Waals surface area contributed by atoms with Crippen LogP contribution in [-0.2, 0) is 14.6 Å². The van der Waals surface area contributed by atoms with E-state index in [9.17, 15) is 13.2 Å². The van der Waals surface area contributed by atoms with Crippen LogP contribution in [0.15, 0.2) is 18.2 Å². The van der Waals surface area contributed by atoms with Crippen molar-refractivity contribution >= 4 is 27.1 Å². The smallest absolute Gasteiger partial charge is 0.239 e. The fraction of sp³-hybridized carbons (Fsp3) is 0.462. The summed E-state index contributed by atoms with van der Waals surface area (Å²) in [4.78, 5) is 11.7. The standard InChI is InChI=1S/C13H20N2O3S/c1-9(2)7-19(17,18)8-13(16)15-12-5-4-10(3)6-11(12)14/h4-6,9H,7-8,14H2,1-3H3,(H,15,16). The van der Waals surface area contributed by atoms with Crippen molar-refractivity contribution in [2.75, 3.05) is 22.6 Å². The fourth-order valence-electron chi connectivity index (χ4n) is 1.75. The Morgan fingerprint density at radius 3 is 2.53 bits per heavy atom. The number of sulfone groups is 1. The summed E-state index contributed by atoms with van der Waals surface area (Å²) in [6.07, 6.45) is 0. The first-order chi connectivity index (χ1) is 8.69. The number of nitrogens with two attached hydrogens (primary N) is 1. The number of carbonyl (C=O) groups excluding carboxylic acids is 1. The van der Waals surface area contributed by atoms with Gasteiger partial charge in [-0.1, -0.05) is 19.9 Å². The summed E-state index contributed by atoms with van der Waals surface area (Å²) in [5.74, 6) is -1.07. The summed E-state index contributed by atoms with van der Waals surface area (Å²) in [6, 6.07) is 5.18. The Balaban J connectivity index is 2.70. The maximum atomic E-state index is 11.7. The van der Waals surface area contributed by atoms with Gasteiger partial charge in [0.15, 0.2) is 9.84 Å². The lowest BCUT2D eigenvalue weighted by Gasteiger charge is -2.10. The molecule has 19 heavy (non-hydrogen) atoms. The maximum absolute atomic E-state index is 11.7. The number of benzene rings is 1. The lowest BCUT2D eigenvalue weighted by Crippen LogP contribution is -2.26. The van der Waals surface area contributed by atoms with Crippen molar-refractivity contribution in [3.63, 3.8) is 0 Å². The van der Waals surface area contributed by atoms with Gasteiger partial charge in [-0.05, 0) is 30.5 Å². The van der Waals surface area contributed by atoms with Crippen LogP contribution in [0.1, 0.15) is 19.4 Å². The third kappa shape index (κ3) is 5.30. The predicted octanol–water partition coefficient (Wildman–Crippen LogP) is 1.59. The molecule has 1 amide bonds. The molecule has 5 nitrogen and oxygen atoms in total. The quantitative estimate of drug-likeness (QED) is 0.803. The zero-order chi connectivity index (χ0) is 14.6. The molecule has 1 rings (SSSR count). The molecule has 106 valence electrons. The Hall–Kier alpha value is -1.56. The molecule has 0 saturated heterocycles. The normalized spacial score (nSPS) is 11.6. The number of amides is 1. The Labute approximate surface area is 114 Å². The topological polar surface area (TPSA) is 89.3 Å². The highest BCUT2D eigenvalue weighted by molar-refractivity contribution is 7.92. The average molecular weight is 284 g/mol. The summed E-state index contributed by atoms with van der Waals surface area (Å²) in [6.45, 7) is 5.48. The Morgan fingerprint density at radius 1 is 1.37 bits per heavy atom. The first-order valence-electron chi connectivity index (χ1n) is 6.06. The molecule has 6 heteroatoms. The van der Waals surface area contributed by atoms with Gasteiger partial charge in [0.25, 0.3) is 0 Å². The van der Waals surface area contributed by atoms with Crippen LogP contribution < -0.4 is 11.1 Å². The molecular weight excluding hydrogens is 264 g/mol. The average Bonchev–Trinajstić information content (AvgIpc) is 2.19. The van der Waals surface area contributed by atoms with Gasteiger partial charge in [-0.15, -0.1) is 0 Å². The summed E-state index contributed by atoms with van der Waals surface area (Å²) in [7, 11) is -3.37. The molecule has 0 aliphatic rings. The molecule has 0 aliphatic carbocycles. The van der Waals surface area contributed by atoms with Crippen molar-refractivity contribution in [3.05, 3.63) is 23.8 Å². The van der Waals surface area contributed by atoms with Crippen molar-refractivity contribution in [1.82, 2.24) is 0 Å². The van der Waals surface area contributed by atoms with E-state index in [1.54, 1.807) is 32.0 Å². The number of nitrogens with one attached hydrogen (secondary N) is 1. The number of anilines is 2. The van der Waals surface area contributed by atoms with E-state index in [-0.39, 0.29) is 11.7 Å². The summed E-state index contributed by atoms with van der Waals surface area (Å²) in [5.41, 5.74) is 7.59. The molecule has 0 aliphatic heterocycles. The van der Waals surface area contributed by atoms with E-state index in [0.29, 0.717) is 11.4 Å². The molecule has 0 heterocycles. The number of hydrogen-bond donors (Lipinski definition) is 2. The molecule has 1 aromatic carbocycles. The molecule has 0 unspecified atom stereocenters. The van der Waals surface area contributed by atoms with E-state index in [4.69, 9.17) is 5.73 Å². The zero-order valence-corrected chi connectivity index (χ0v) is 12.3. The van der Waals surface area contributed by atoms with Gasteiger partial charge in [0, 0.05) is 0 Å². The van der Waals surface area contributed by atoms with Gasteiger partial charge in [0.2, 0.25) is 5.91 Å². The molecule has 0 fully saturated rings. The zero-order valence-electron chi connectivity index (χ0n) is 11.4. The van der Waals surface area contributed by atoms with Crippen molar-refractivity contribution in [1.29, 1.82) is 0 Å².